The molecule has 0 atom stereocenters. The first-order valence-corrected chi connectivity index (χ1v) is 10.2. The Hall–Kier alpha value is -2.87. The second-order valence-corrected chi connectivity index (χ2v) is 7.39. The lowest BCUT2D eigenvalue weighted by Crippen LogP contribution is -2.29. The molecule has 2 aromatic rings. The molecule has 0 amide bonds. The third-order valence-corrected chi connectivity index (χ3v) is 5.26. The molecule has 3 heterocycles. The van der Waals surface area contributed by atoms with Gasteiger partial charge in [-0.2, -0.15) is 0 Å². The molecule has 2 aromatic heterocycles. The predicted molar refractivity (Wildman–Crippen MR) is 103 cm³/mol. The molecule has 0 radical (unpaired) electrons. The lowest BCUT2D eigenvalue weighted by atomic mass is 9.83. The molecule has 0 unspecified atom stereocenters. The maximum Gasteiger partial charge on any atom is 0.357 e. The summed E-state index contributed by atoms with van der Waals surface area (Å²) in [7, 11) is 0. The molecule has 0 saturated heterocycles. The highest BCUT2D eigenvalue weighted by atomic mass is 17.0. The first-order valence-electron chi connectivity index (χ1n) is 10.2. The number of carbonyl (C=O) groups is 2. The summed E-state index contributed by atoms with van der Waals surface area (Å²) in [5.41, 5.74) is 1.40. The van der Waals surface area contributed by atoms with Crippen molar-refractivity contribution in [2.24, 2.45) is 5.92 Å². The molecule has 1 aliphatic heterocycles. The fourth-order valence-corrected chi connectivity index (χ4v) is 3.77. The zero-order valence-corrected chi connectivity index (χ0v) is 16.3. The van der Waals surface area contributed by atoms with Gasteiger partial charge in [0.2, 0.25) is 5.88 Å². The minimum absolute atomic E-state index is 0.0857. The monoisotopic (exact) mass is 399 g/mol. The van der Waals surface area contributed by atoms with Crippen LogP contribution in [0.25, 0.3) is 5.52 Å². The zero-order chi connectivity index (χ0) is 20.1. The second kappa shape index (κ2) is 9.09. The highest BCUT2D eigenvalue weighted by Gasteiger charge is 2.31. The predicted octanol–water partition coefficient (Wildman–Crippen LogP) is 3.23. The van der Waals surface area contributed by atoms with Gasteiger partial charge >= 0.3 is 11.9 Å². The van der Waals surface area contributed by atoms with Crippen molar-refractivity contribution in [2.75, 3.05) is 13.2 Å². The van der Waals surface area contributed by atoms with Crippen LogP contribution in [0.3, 0.4) is 0 Å². The third-order valence-electron chi connectivity index (χ3n) is 5.26. The van der Waals surface area contributed by atoms with E-state index in [4.69, 9.17) is 14.4 Å². The molecule has 8 heteroatoms. The number of hydrogen-bond acceptors (Lipinski definition) is 7. The summed E-state index contributed by atoms with van der Waals surface area (Å²) in [5.74, 6) is -0.395. The Bertz CT molecular complexity index is 868. The van der Waals surface area contributed by atoms with Gasteiger partial charge < -0.3 is 14.4 Å². The smallest absolute Gasteiger partial charge is 0.357 e. The van der Waals surface area contributed by atoms with E-state index < -0.39 is 11.9 Å². The maximum atomic E-state index is 12.4. The Morgan fingerprint density at radius 1 is 1.10 bits per heavy atom. The van der Waals surface area contributed by atoms with Crippen LogP contribution in [0.2, 0.25) is 0 Å². The van der Waals surface area contributed by atoms with E-state index in [0.29, 0.717) is 30.9 Å². The summed E-state index contributed by atoms with van der Waals surface area (Å²) in [6.07, 6.45) is 9.62. The number of aromatic nitrogens is 2. The van der Waals surface area contributed by atoms with Crippen LogP contribution < -0.4 is 4.74 Å². The Labute approximate surface area is 168 Å². The number of carbonyl (C=O) groups excluding carboxylic acids is 2. The van der Waals surface area contributed by atoms with Crippen molar-refractivity contribution in [3.05, 3.63) is 42.1 Å². The standard InChI is InChI=1S/C21H25N3O5/c25-20-15-18(16-8-2-1-3-9-16)21(26)29-24(28-20)12-6-7-13-27-19-14-17-10-4-5-11-23(17)22-19/h4-5,10-11,14-16H,1-3,6-9,12-13H2. The van der Waals surface area contributed by atoms with E-state index in [0.717, 1.165) is 36.4 Å². The maximum absolute atomic E-state index is 12.4. The van der Waals surface area contributed by atoms with E-state index in [1.165, 1.54) is 12.5 Å². The van der Waals surface area contributed by atoms with Gasteiger partial charge in [-0.25, -0.2) is 14.1 Å². The lowest BCUT2D eigenvalue weighted by Gasteiger charge is -2.22. The number of fused-ring (bicyclic) bond motifs is 1. The van der Waals surface area contributed by atoms with Crippen molar-refractivity contribution >= 4 is 17.5 Å². The van der Waals surface area contributed by atoms with Crippen molar-refractivity contribution in [2.45, 2.75) is 44.9 Å². The number of ether oxygens (including phenoxy) is 1. The van der Waals surface area contributed by atoms with Crippen LogP contribution in [0.5, 0.6) is 5.88 Å². The molecule has 1 saturated carbocycles. The van der Waals surface area contributed by atoms with E-state index in [1.807, 2.05) is 30.5 Å². The summed E-state index contributed by atoms with van der Waals surface area (Å²) in [5, 5.41) is 5.31. The molecule has 0 aromatic carbocycles. The number of hydrogen-bond donors (Lipinski definition) is 0. The average Bonchev–Trinajstić information content (AvgIpc) is 3.08. The van der Waals surface area contributed by atoms with Crippen LogP contribution in [0.15, 0.2) is 42.1 Å². The van der Waals surface area contributed by atoms with Gasteiger partial charge in [-0.15, -0.1) is 5.10 Å². The highest BCUT2D eigenvalue weighted by Crippen LogP contribution is 2.31. The zero-order valence-electron chi connectivity index (χ0n) is 16.3. The molecule has 154 valence electrons. The molecule has 29 heavy (non-hydrogen) atoms. The van der Waals surface area contributed by atoms with Crippen molar-refractivity contribution in [1.29, 1.82) is 0 Å². The summed E-state index contributed by atoms with van der Waals surface area (Å²) < 4.78 is 7.42. The van der Waals surface area contributed by atoms with Crippen LogP contribution in [0.1, 0.15) is 44.9 Å². The minimum atomic E-state index is -0.558. The van der Waals surface area contributed by atoms with E-state index >= 15 is 0 Å². The quantitative estimate of drug-likeness (QED) is 0.661. The second-order valence-electron chi connectivity index (χ2n) is 7.39. The van der Waals surface area contributed by atoms with E-state index in [1.54, 1.807) is 4.52 Å². The fourth-order valence-electron chi connectivity index (χ4n) is 3.77. The number of hydroxylamine groups is 2. The van der Waals surface area contributed by atoms with E-state index in [9.17, 15) is 9.59 Å². The number of unbranched alkanes of at least 4 members (excludes halogenated alkanes) is 1. The molecular formula is C21H25N3O5. The van der Waals surface area contributed by atoms with Gasteiger partial charge in [0, 0.05) is 29.1 Å². The van der Waals surface area contributed by atoms with Gasteiger partial charge in [0.05, 0.1) is 18.7 Å². The molecule has 0 N–H and O–H groups in total. The fraction of sp³-hybridized carbons (Fsp3) is 0.476. The van der Waals surface area contributed by atoms with Crippen molar-refractivity contribution < 1.29 is 24.0 Å². The summed E-state index contributed by atoms with van der Waals surface area (Å²) in [6.45, 7) is 0.753. The lowest BCUT2D eigenvalue weighted by molar-refractivity contribution is -0.319. The van der Waals surface area contributed by atoms with E-state index in [2.05, 4.69) is 5.10 Å². The van der Waals surface area contributed by atoms with Crippen LogP contribution in [0.4, 0.5) is 0 Å². The number of nitrogens with zero attached hydrogens (tertiary/aromatic N) is 3. The molecule has 0 bridgehead atoms. The Kier molecular flexibility index (Phi) is 6.09. The molecule has 0 spiro atoms. The molecule has 4 rings (SSSR count). The highest BCUT2D eigenvalue weighted by molar-refractivity contribution is 5.97. The van der Waals surface area contributed by atoms with Crippen LogP contribution >= 0.6 is 0 Å². The Morgan fingerprint density at radius 2 is 1.97 bits per heavy atom. The topological polar surface area (TPSA) is 82.4 Å². The summed E-state index contributed by atoms with van der Waals surface area (Å²) in [4.78, 5) is 34.9. The van der Waals surface area contributed by atoms with Gasteiger partial charge in [-0.3, -0.25) is 0 Å². The van der Waals surface area contributed by atoms with Gasteiger partial charge in [-0.1, -0.05) is 25.3 Å². The van der Waals surface area contributed by atoms with Crippen LogP contribution in [-0.4, -0.2) is 39.9 Å². The van der Waals surface area contributed by atoms with Crippen molar-refractivity contribution in [3.8, 4) is 5.88 Å². The van der Waals surface area contributed by atoms with Crippen molar-refractivity contribution in [1.82, 2.24) is 14.8 Å². The summed E-state index contributed by atoms with van der Waals surface area (Å²) >= 11 is 0. The van der Waals surface area contributed by atoms with E-state index in [-0.39, 0.29) is 12.5 Å². The minimum Gasteiger partial charge on any atom is -0.477 e. The molecule has 2 aliphatic rings. The molecule has 8 nitrogen and oxygen atoms in total. The van der Waals surface area contributed by atoms with Crippen LogP contribution in [-0.2, 0) is 19.3 Å². The SMILES string of the molecule is O=C1C=C(C2CCCCC2)C(=O)ON(CCCCOc2cc3ccccn3n2)O1. The first kappa shape index (κ1) is 19.4. The molecule has 1 aliphatic carbocycles. The number of rotatable bonds is 7. The Balaban J connectivity index is 1.22. The van der Waals surface area contributed by atoms with Gasteiger partial charge in [-0.05, 0) is 43.7 Å². The third kappa shape index (κ3) is 4.95. The van der Waals surface area contributed by atoms with Gasteiger partial charge in [0.1, 0.15) is 0 Å². The Morgan fingerprint density at radius 3 is 2.79 bits per heavy atom. The van der Waals surface area contributed by atoms with Gasteiger partial charge in [0.15, 0.2) is 0 Å². The number of pyridine rings is 1. The normalized spacial score (nSPS) is 18.8. The summed E-state index contributed by atoms with van der Waals surface area (Å²) in [6, 6.07) is 7.68. The largest absolute Gasteiger partial charge is 0.477 e. The first-order chi connectivity index (χ1) is 14.2. The van der Waals surface area contributed by atoms with Gasteiger partial charge in [0.25, 0.3) is 0 Å². The molecule has 1 fully saturated rings. The molecular weight excluding hydrogens is 374 g/mol. The average molecular weight is 399 g/mol. The van der Waals surface area contributed by atoms with Crippen LogP contribution in [0, 0.1) is 5.92 Å². The van der Waals surface area contributed by atoms with Crippen molar-refractivity contribution in [3.63, 3.8) is 0 Å².